The Morgan fingerprint density at radius 2 is 1.83 bits per heavy atom. The number of benzene rings is 1. The summed E-state index contributed by atoms with van der Waals surface area (Å²) in [4.78, 5) is 11.6. The predicted molar refractivity (Wildman–Crippen MR) is 125 cm³/mol. The number of hydrogen-bond acceptors (Lipinski definition) is 5. The van der Waals surface area contributed by atoms with Gasteiger partial charge in [0.15, 0.2) is 5.11 Å². The molecule has 160 valence electrons. The van der Waals surface area contributed by atoms with E-state index in [1.54, 1.807) is 0 Å². The van der Waals surface area contributed by atoms with Crippen molar-refractivity contribution in [3.8, 4) is 0 Å². The average Bonchev–Trinajstić information content (AvgIpc) is 2.79. The van der Waals surface area contributed by atoms with Crippen molar-refractivity contribution >= 4 is 29.1 Å². The summed E-state index contributed by atoms with van der Waals surface area (Å²) in [7, 11) is 0. The van der Waals surface area contributed by atoms with E-state index in [0.717, 1.165) is 57.2 Å². The van der Waals surface area contributed by atoms with Crippen LogP contribution in [0.2, 0.25) is 0 Å². The number of aryl methyl sites for hydroxylation is 1. The molecule has 0 bridgehead atoms. The molecule has 0 aliphatic carbocycles. The minimum absolute atomic E-state index is 0.0255. The zero-order valence-electron chi connectivity index (χ0n) is 17.7. The summed E-state index contributed by atoms with van der Waals surface area (Å²) in [6.07, 6.45) is 5.70. The molecule has 2 aliphatic rings. The normalized spacial score (nSPS) is 18.6. The van der Waals surface area contributed by atoms with Crippen molar-refractivity contribution in [2.75, 3.05) is 43.1 Å². The highest BCUT2D eigenvalue weighted by Gasteiger charge is 2.34. The third-order valence-corrected chi connectivity index (χ3v) is 6.42. The second-order valence-corrected chi connectivity index (χ2v) is 8.71. The molecular formula is C23H31N5OS. The smallest absolute Gasteiger partial charge is 0.231 e. The summed E-state index contributed by atoms with van der Waals surface area (Å²) < 4.78 is 5.63. The van der Waals surface area contributed by atoms with E-state index >= 15 is 0 Å². The van der Waals surface area contributed by atoms with Crippen molar-refractivity contribution in [2.45, 2.75) is 44.4 Å². The summed E-state index contributed by atoms with van der Waals surface area (Å²) in [6.45, 7) is 6.43. The Hall–Kier alpha value is -2.25. The van der Waals surface area contributed by atoms with Gasteiger partial charge in [-0.05, 0) is 56.8 Å². The maximum atomic E-state index is 5.63. The first-order valence-corrected chi connectivity index (χ1v) is 11.3. The Balaban J connectivity index is 1.42. The first-order valence-electron chi connectivity index (χ1n) is 10.9. The topological polar surface area (TPSA) is 62.3 Å². The largest absolute Gasteiger partial charge is 0.381 e. The van der Waals surface area contributed by atoms with Crippen LogP contribution in [-0.2, 0) is 10.2 Å². The number of ether oxygens (including phenoxy) is 1. The molecule has 2 aliphatic heterocycles. The van der Waals surface area contributed by atoms with Gasteiger partial charge in [0.2, 0.25) is 5.95 Å². The van der Waals surface area contributed by atoms with Gasteiger partial charge in [0, 0.05) is 50.0 Å². The molecule has 2 aromatic rings. The second-order valence-electron chi connectivity index (χ2n) is 8.31. The summed E-state index contributed by atoms with van der Waals surface area (Å²) in [5.41, 5.74) is 2.31. The van der Waals surface area contributed by atoms with Gasteiger partial charge in [0.1, 0.15) is 5.82 Å². The molecule has 0 saturated carbocycles. The summed E-state index contributed by atoms with van der Waals surface area (Å²) in [5, 5.41) is 7.20. The Kier molecular flexibility index (Phi) is 6.79. The quantitative estimate of drug-likeness (QED) is 0.706. The number of rotatable bonds is 5. The lowest BCUT2D eigenvalue weighted by Gasteiger charge is -2.38. The fourth-order valence-corrected chi connectivity index (χ4v) is 4.57. The molecule has 2 N–H and O–H groups in total. The van der Waals surface area contributed by atoms with Crippen molar-refractivity contribution in [1.29, 1.82) is 0 Å². The molecule has 0 spiro atoms. The molecule has 6 nitrogen and oxygen atoms in total. The Labute approximate surface area is 184 Å². The second kappa shape index (κ2) is 9.71. The molecule has 3 heterocycles. The van der Waals surface area contributed by atoms with Crippen LogP contribution in [0.4, 0.5) is 11.8 Å². The van der Waals surface area contributed by atoms with Crippen molar-refractivity contribution in [3.63, 3.8) is 0 Å². The van der Waals surface area contributed by atoms with Gasteiger partial charge in [-0.3, -0.25) is 0 Å². The van der Waals surface area contributed by atoms with Crippen LogP contribution in [0.25, 0.3) is 0 Å². The number of nitrogens with one attached hydrogen (secondary N) is 2. The number of aromatic nitrogens is 2. The van der Waals surface area contributed by atoms with Gasteiger partial charge >= 0.3 is 0 Å². The average molecular weight is 426 g/mol. The SMILES string of the molecule is Cc1cc(N2CCCCC2)nc(NC(=S)NCC2(c3ccccc3)CCOCC2)n1. The highest BCUT2D eigenvalue weighted by Crippen LogP contribution is 2.34. The molecule has 0 amide bonds. The number of hydrogen-bond donors (Lipinski definition) is 2. The number of anilines is 2. The molecule has 4 rings (SSSR count). The fraction of sp³-hybridized carbons (Fsp3) is 0.522. The van der Waals surface area contributed by atoms with Crippen LogP contribution in [0.15, 0.2) is 36.4 Å². The van der Waals surface area contributed by atoms with E-state index in [4.69, 9.17) is 21.9 Å². The fourth-order valence-electron chi connectivity index (χ4n) is 4.41. The first kappa shape index (κ1) is 21.0. The molecule has 0 unspecified atom stereocenters. The lowest BCUT2D eigenvalue weighted by molar-refractivity contribution is 0.0515. The van der Waals surface area contributed by atoms with E-state index in [2.05, 4.69) is 56.9 Å². The molecule has 1 aromatic heterocycles. The lowest BCUT2D eigenvalue weighted by atomic mass is 9.74. The van der Waals surface area contributed by atoms with Crippen molar-refractivity contribution in [3.05, 3.63) is 47.7 Å². The monoisotopic (exact) mass is 425 g/mol. The van der Waals surface area contributed by atoms with Gasteiger partial charge in [-0.1, -0.05) is 30.3 Å². The Bertz CT molecular complexity index is 848. The minimum atomic E-state index is 0.0255. The lowest BCUT2D eigenvalue weighted by Crippen LogP contribution is -2.45. The van der Waals surface area contributed by atoms with Crippen molar-refractivity contribution in [2.24, 2.45) is 0 Å². The van der Waals surface area contributed by atoms with Crippen LogP contribution in [0, 0.1) is 6.92 Å². The predicted octanol–water partition coefficient (Wildman–Crippen LogP) is 3.81. The molecule has 0 atom stereocenters. The number of nitrogens with zero attached hydrogens (tertiary/aromatic N) is 3. The number of thiocarbonyl (C=S) groups is 1. The summed E-state index contributed by atoms with van der Waals surface area (Å²) in [6, 6.07) is 12.7. The van der Waals surface area contributed by atoms with Crippen LogP contribution in [0.3, 0.4) is 0 Å². The van der Waals surface area contributed by atoms with Crippen LogP contribution >= 0.6 is 12.2 Å². The van der Waals surface area contributed by atoms with Crippen LogP contribution in [0.5, 0.6) is 0 Å². The molecule has 2 fully saturated rings. The zero-order chi connectivity index (χ0) is 20.8. The molecule has 0 radical (unpaired) electrons. The third-order valence-electron chi connectivity index (χ3n) is 6.17. The van der Waals surface area contributed by atoms with Crippen molar-refractivity contribution < 1.29 is 4.74 Å². The molecule has 2 saturated heterocycles. The van der Waals surface area contributed by atoms with E-state index < -0.39 is 0 Å². The van der Waals surface area contributed by atoms with Gasteiger partial charge < -0.3 is 20.3 Å². The first-order chi connectivity index (χ1) is 14.6. The number of piperidine rings is 1. The Morgan fingerprint density at radius 1 is 1.10 bits per heavy atom. The zero-order valence-corrected chi connectivity index (χ0v) is 18.5. The highest BCUT2D eigenvalue weighted by atomic mass is 32.1. The molecular weight excluding hydrogens is 394 g/mol. The van der Waals surface area contributed by atoms with Gasteiger partial charge in [-0.2, -0.15) is 4.98 Å². The highest BCUT2D eigenvalue weighted by molar-refractivity contribution is 7.80. The van der Waals surface area contributed by atoms with Crippen LogP contribution in [0.1, 0.15) is 43.4 Å². The summed E-state index contributed by atoms with van der Waals surface area (Å²) in [5.74, 6) is 1.55. The van der Waals surface area contributed by atoms with E-state index in [1.165, 1.54) is 24.8 Å². The van der Waals surface area contributed by atoms with Gasteiger partial charge in [-0.15, -0.1) is 0 Å². The van der Waals surface area contributed by atoms with Gasteiger partial charge in [-0.25, -0.2) is 4.98 Å². The Morgan fingerprint density at radius 3 is 2.57 bits per heavy atom. The molecule has 1 aromatic carbocycles. The van der Waals surface area contributed by atoms with Crippen molar-refractivity contribution in [1.82, 2.24) is 15.3 Å². The van der Waals surface area contributed by atoms with E-state index in [1.807, 2.05) is 6.92 Å². The third kappa shape index (κ3) is 5.08. The molecule has 30 heavy (non-hydrogen) atoms. The maximum absolute atomic E-state index is 5.63. The van der Waals surface area contributed by atoms with Gasteiger partial charge in [0.25, 0.3) is 0 Å². The minimum Gasteiger partial charge on any atom is -0.381 e. The summed E-state index contributed by atoms with van der Waals surface area (Å²) >= 11 is 5.60. The van der Waals surface area contributed by atoms with E-state index in [-0.39, 0.29) is 5.41 Å². The van der Waals surface area contributed by atoms with E-state index in [0.29, 0.717) is 11.1 Å². The standard InChI is InChI=1S/C23H31N5OS/c1-18-16-20(28-12-6-3-7-13-28)26-21(25-18)27-22(30)24-17-23(10-14-29-15-11-23)19-8-4-2-5-9-19/h2,4-5,8-9,16H,3,6-7,10-15,17H2,1H3,(H2,24,25,26,27,30). The van der Waals surface area contributed by atoms with E-state index in [9.17, 15) is 0 Å². The maximum Gasteiger partial charge on any atom is 0.231 e. The van der Waals surface area contributed by atoms with Gasteiger partial charge in [0.05, 0.1) is 0 Å². The van der Waals surface area contributed by atoms with Crippen LogP contribution < -0.4 is 15.5 Å². The van der Waals surface area contributed by atoms with Crippen LogP contribution in [-0.4, -0.2) is 47.9 Å². The molecule has 7 heteroatoms.